The summed E-state index contributed by atoms with van der Waals surface area (Å²) in [7, 11) is 1.41. The molecule has 0 amide bonds. The second kappa shape index (κ2) is 3.62. The molecule has 0 unspecified atom stereocenters. The maximum Gasteiger partial charge on any atom is 0.203 e. The summed E-state index contributed by atoms with van der Waals surface area (Å²) >= 11 is 0. The molecule has 2 N–H and O–H groups in total. The molecule has 0 spiro atoms. The lowest BCUT2D eigenvalue weighted by Crippen LogP contribution is -2.19. The Bertz CT molecular complexity index is 387. The van der Waals surface area contributed by atoms with E-state index in [0.717, 1.165) is 5.56 Å². The van der Waals surface area contributed by atoms with Crippen LogP contribution in [0.5, 0.6) is 17.2 Å². The molecule has 15 heavy (non-hydrogen) atoms. The highest BCUT2D eigenvalue weighted by atomic mass is 16.5. The van der Waals surface area contributed by atoms with Crippen LogP contribution < -0.4 is 4.74 Å². The van der Waals surface area contributed by atoms with Gasteiger partial charge in [0.15, 0.2) is 11.5 Å². The molecule has 4 nitrogen and oxygen atoms in total. The van der Waals surface area contributed by atoms with E-state index in [-0.39, 0.29) is 23.4 Å². The zero-order valence-electron chi connectivity index (χ0n) is 8.78. The number of benzene rings is 1. The van der Waals surface area contributed by atoms with Crippen molar-refractivity contribution in [3.63, 3.8) is 0 Å². The Morgan fingerprint density at radius 3 is 2.87 bits per heavy atom. The van der Waals surface area contributed by atoms with E-state index in [0.29, 0.717) is 18.6 Å². The zero-order chi connectivity index (χ0) is 11.0. The van der Waals surface area contributed by atoms with E-state index in [1.807, 2.05) is 6.92 Å². The highest BCUT2D eigenvalue weighted by Crippen LogP contribution is 2.42. The van der Waals surface area contributed by atoms with Crippen LogP contribution in [0.3, 0.4) is 0 Å². The number of phenolic OH excluding ortho intramolecular Hbond substituents is 2. The number of hydrogen-bond donors (Lipinski definition) is 2. The van der Waals surface area contributed by atoms with E-state index in [4.69, 9.17) is 9.47 Å². The van der Waals surface area contributed by atoms with E-state index in [1.165, 1.54) is 7.11 Å². The normalized spacial score (nSPS) is 19.7. The Kier molecular flexibility index (Phi) is 2.44. The highest BCUT2D eigenvalue weighted by molar-refractivity contribution is 5.58. The molecule has 1 aromatic rings. The molecule has 82 valence electrons. The lowest BCUT2D eigenvalue weighted by Gasteiger charge is -2.24. The van der Waals surface area contributed by atoms with E-state index in [1.54, 1.807) is 6.07 Å². The van der Waals surface area contributed by atoms with Crippen molar-refractivity contribution in [2.75, 3.05) is 7.11 Å². The third kappa shape index (κ3) is 1.61. The van der Waals surface area contributed by atoms with Crippen molar-refractivity contribution in [2.24, 2.45) is 0 Å². The number of methoxy groups -OCH3 is 1. The fourth-order valence-corrected chi connectivity index (χ4v) is 1.87. The third-order valence-electron chi connectivity index (χ3n) is 2.66. The Hall–Kier alpha value is -1.42. The van der Waals surface area contributed by atoms with Crippen LogP contribution in [0.2, 0.25) is 0 Å². The van der Waals surface area contributed by atoms with Crippen LogP contribution in [0, 0.1) is 0 Å². The molecule has 1 heterocycles. The summed E-state index contributed by atoms with van der Waals surface area (Å²) in [4.78, 5) is 0. The van der Waals surface area contributed by atoms with Gasteiger partial charge in [-0.2, -0.15) is 0 Å². The van der Waals surface area contributed by atoms with Crippen LogP contribution in [0.4, 0.5) is 0 Å². The van der Waals surface area contributed by atoms with Gasteiger partial charge in [-0.3, -0.25) is 0 Å². The molecule has 2 rings (SSSR count). The number of rotatable bonds is 1. The lowest BCUT2D eigenvalue weighted by molar-refractivity contribution is 0.0393. The fourth-order valence-electron chi connectivity index (χ4n) is 1.87. The summed E-state index contributed by atoms with van der Waals surface area (Å²) < 4.78 is 10.3. The van der Waals surface area contributed by atoms with Crippen LogP contribution in [-0.2, 0) is 17.8 Å². The molecular weight excluding hydrogens is 196 g/mol. The quantitative estimate of drug-likeness (QED) is 0.738. The molecule has 0 aromatic heterocycles. The molecule has 0 fully saturated rings. The average Bonchev–Trinajstić information content (AvgIpc) is 2.17. The van der Waals surface area contributed by atoms with Gasteiger partial charge in [-0.25, -0.2) is 0 Å². The Balaban J connectivity index is 2.53. The smallest absolute Gasteiger partial charge is 0.203 e. The topological polar surface area (TPSA) is 58.9 Å². The number of ether oxygens (including phenoxy) is 2. The lowest BCUT2D eigenvalue weighted by atomic mass is 9.98. The molecule has 0 aliphatic carbocycles. The molecule has 1 aromatic carbocycles. The predicted molar refractivity (Wildman–Crippen MR) is 54.3 cm³/mol. The van der Waals surface area contributed by atoms with Crippen molar-refractivity contribution in [1.29, 1.82) is 0 Å². The first-order valence-corrected chi connectivity index (χ1v) is 4.85. The van der Waals surface area contributed by atoms with Gasteiger partial charge < -0.3 is 19.7 Å². The Morgan fingerprint density at radius 2 is 2.20 bits per heavy atom. The minimum absolute atomic E-state index is 0.0144. The van der Waals surface area contributed by atoms with Crippen molar-refractivity contribution >= 4 is 0 Å². The third-order valence-corrected chi connectivity index (χ3v) is 2.66. The van der Waals surface area contributed by atoms with Gasteiger partial charge in [0.05, 0.1) is 19.8 Å². The van der Waals surface area contributed by atoms with Gasteiger partial charge in [-0.05, 0) is 25.0 Å². The highest BCUT2D eigenvalue weighted by Gasteiger charge is 2.23. The molecule has 0 saturated heterocycles. The minimum Gasteiger partial charge on any atom is -0.504 e. The Labute approximate surface area is 88.1 Å². The number of hydrogen-bond acceptors (Lipinski definition) is 4. The molecule has 1 aliphatic heterocycles. The summed E-state index contributed by atoms with van der Waals surface area (Å²) in [6, 6.07) is 1.63. The van der Waals surface area contributed by atoms with Gasteiger partial charge >= 0.3 is 0 Å². The van der Waals surface area contributed by atoms with Gasteiger partial charge in [-0.1, -0.05) is 0 Å². The van der Waals surface area contributed by atoms with Crippen molar-refractivity contribution in [3.05, 3.63) is 17.2 Å². The maximum absolute atomic E-state index is 9.84. The van der Waals surface area contributed by atoms with Gasteiger partial charge in [0, 0.05) is 5.56 Å². The second-order valence-corrected chi connectivity index (χ2v) is 3.74. The Morgan fingerprint density at radius 1 is 1.47 bits per heavy atom. The van der Waals surface area contributed by atoms with E-state index >= 15 is 0 Å². The van der Waals surface area contributed by atoms with E-state index in [2.05, 4.69) is 0 Å². The molecule has 1 atom stereocenters. The van der Waals surface area contributed by atoms with Crippen LogP contribution in [0.1, 0.15) is 18.1 Å². The molecule has 1 aliphatic rings. The molecule has 0 radical (unpaired) electrons. The summed E-state index contributed by atoms with van der Waals surface area (Å²) in [6.45, 7) is 2.32. The maximum atomic E-state index is 9.84. The molecule has 0 bridgehead atoms. The van der Waals surface area contributed by atoms with Gasteiger partial charge in [0.25, 0.3) is 0 Å². The van der Waals surface area contributed by atoms with E-state index < -0.39 is 0 Å². The second-order valence-electron chi connectivity index (χ2n) is 3.74. The minimum atomic E-state index is -0.0251. The largest absolute Gasteiger partial charge is 0.504 e. The van der Waals surface area contributed by atoms with Crippen molar-refractivity contribution < 1.29 is 19.7 Å². The average molecular weight is 210 g/mol. The van der Waals surface area contributed by atoms with Crippen LogP contribution in [0.15, 0.2) is 6.07 Å². The number of phenols is 2. The molecule has 0 saturated carbocycles. The van der Waals surface area contributed by atoms with Crippen molar-refractivity contribution in [3.8, 4) is 17.2 Å². The van der Waals surface area contributed by atoms with Crippen LogP contribution >= 0.6 is 0 Å². The van der Waals surface area contributed by atoms with Gasteiger partial charge in [0.2, 0.25) is 5.75 Å². The predicted octanol–water partition coefficient (Wildman–Crippen LogP) is 1.57. The van der Waals surface area contributed by atoms with Gasteiger partial charge in [-0.15, -0.1) is 0 Å². The fraction of sp³-hybridized carbons (Fsp3) is 0.455. The monoisotopic (exact) mass is 210 g/mol. The zero-order valence-corrected chi connectivity index (χ0v) is 8.78. The number of aromatic hydroxyl groups is 2. The van der Waals surface area contributed by atoms with Crippen molar-refractivity contribution in [2.45, 2.75) is 26.1 Å². The SMILES string of the molecule is COc1c(O)cc2c(c1O)CO[C@H](C)C2. The first-order chi connectivity index (χ1) is 7.13. The van der Waals surface area contributed by atoms with Crippen molar-refractivity contribution in [1.82, 2.24) is 0 Å². The van der Waals surface area contributed by atoms with E-state index in [9.17, 15) is 10.2 Å². The molecule has 4 heteroatoms. The van der Waals surface area contributed by atoms with Gasteiger partial charge in [0.1, 0.15) is 0 Å². The van der Waals surface area contributed by atoms with Crippen LogP contribution in [-0.4, -0.2) is 23.4 Å². The first-order valence-electron chi connectivity index (χ1n) is 4.85. The molecular formula is C11H14O4. The summed E-state index contributed by atoms with van der Waals surface area (Å²) in [6.07, 6.45) is 0.810. The number of fused-ring (bicyclic) bond motifs is 1. The standard InChI is InChI=1S/C11H14O4/c1-6-3-7-4-9(12)11(14-2)10(13)8(7)5-15-6/h4,6,12-13H,3,5H2,1-2H3/t6-/m1/s1. The van der Waals surface area contributed by atoms with Crippen LogP contribution in [0.25, 0.3) is 0 Å². The summed E-state index contributed by atoms with van der Waals surface area (Å²) in [5.41, 5.74) is 1.63. The first kappa shape index (κ1) is 10.1. The summed E-state index contributed by atoms with van der Waals surface area (Å²) in [5.74, 6) is 0.0779. The summed E-state index contributed by atoms with van der Waals surface area (Å²) in [5, 5.41) is 19.4.